The Labute approximate surface area is 111 Å². The Morgan fingerprint density at radius 2 is 1.71 bits per heavy atom. The molecular formula is C15H24ClN. The van der Waals surface area contributed by atoms with E-state index in [9.17, 15) is 0 Å². The summed E-state index contributed by atoms with van der Waals surface area (Å²) in [6.45, 7) is 2.35. The Morgan fingerprint density at radius 1 is 1.00 bits per heavy atom. The molecule has 2 rings (SSSR count). The maximum atomic E-state index is 3.60. The largest absolute Gasteiger partial charge is 0.316 e. The van der Waals surface area contributed by atoms with Gasteiger partial charge in [0, 0.05) is 0 Å². The van der Waals surface area contributed by atoms with Crippen molar-refractivity contribution < 1.29 is 0 Å². The molecule has 2 heteroatoms. The summed E-state index contributed by atoms with van der Waals surface area (Å²) in [6.07, 6.45) is 8.40. The molecular weight excluding hydrogens is 230 g/mol. The SMILES string of the molecule is Cl.c1ccc(CCNCC2CCCCC2)cc1. The van der Waals surface area contributed by atoms with Gasteiger partial charge in [-0.3, -0.25) is 0 Å². The molecule has 1 aliphatic carbocycles. The molecule has 0 aromatic heterocycles. The monoisotopic (exact) mass is 253 g/mol. The van der Waals surface area contributed by atoms with Crippen molar-refractivity contribution in [2.75, 3.05) is 13.1 Å². The number of hydrogen-bond acceptors (Lipinski definition) is 1. The van der Waals surface area contributed by atoms with Gasteiger partial charge in [0.2, 0.25) is 0 Å². The summed E-state index contributed by atoms with van der Waals surface area (Å²) in [7, 11) is 0. The summed E-state index contributed by atoms with van der Waals surface area (Å²) in [5.41, 5.74) is 1.44. The Kier molecular flexibility index (Phi) is 7.30. The molecule has 0 aliphatic heterocycles. The minimum Gasteiger partial charge on any atom is -0.316 e. The second kappa shape index (κ2) is 8.54. The van der Waals surface area contributed by atoms with E-state index in [1.165, 1.54) is 44.2 Å². The summed E-state index contributed by atoms with van der Waals surface area (Å²) in [5.74, 6) is 0.949. The highest BCUT2D eigenvalue weighted by molar-refractivity contribution is 5.85. The van der Waals surface area contributed by atoms with E-state index in [0.29, 0.717) is 0 Å². The highest BCUT2D eigenvalue weighted by Gasteiger charge is 2.12. The zero-order valence-corrected chi connectivity index (χ0v) is 11.3. The molecule has 0 bridgehead atoms. The lowest BCUT2D eigenvalue weighted by Gasteiger charge is -2.21. The molecule has 1 saturated carbocycles. The number of rotatable bonds is 5. The van der Waals surface area contributed by atoms with Gasteiger partial charge >= 0.3 is 0 Å². The van der Waals surface area contributed by atoms with Crippen molar-refractivity contribution in [2.45, 2.75) is 38.5 Å². The fraction of sp³-hybridized carbons (Fsp3) is 0.600. The lowest BCUT2D eigenvalue weighted by molar-refractivity contribution is 0.343. The van der Waals surface area contributed by atoms with Gasteiger partial charge in [0.1, 0.15) is 0 Å². The van der Waals surface area contributed by atoms with E-state index < -0.39 is 0 Å². The molecule has 17 heavy (non-hydrogen) atoms. The van der Waals surface area contributed by atoms with Crippen LogP contribution in [0, 0.1) is 5.92 Å². The number of nitrogens with one attached hydrogen (secondary N) is 1. The molecule has 0 saturated heterocycles. The Morgan fingerprint density at radius 3 is 2.41 bits per heavy atom. The van der Waals surface area contributed by atoms with Gasteiger partial charge in [-0.05, 0) is 43.8 Å². The fourth-order valence-corrected chi connectivity index (χ4v) is 2.57. The number of hydrogen-bond donors (Lipinski definition) is 1. The maximum absolute atomic E-state index is 3.60. The zero-order valence-electron chi connectivity index (χ0n) is 10.5. The average molecular weight is 254 g/mol. The van der Waals surface area contributed by atoms with Crippen molar-refractivity contribution >= 4 is 12.4 Å². The average Bonchev–Trinajstić information content (AvgIpc) is 2.37. The summed E-state index contributed by atoms with van der Waals surface area (Å²) < 4.78 is 0. The van der Waals surface area contributed by atoms with Gasteiger partial charge in [-0.2, -0.15) is 0 Å². The third-order valence-corrected chi connectivity index (χ3v) is 3.59. The van der Waals surface area contributed by atoms with Crippen LogP contribution in [-0.4, -0.2) is 13.1 Å². The van der Waals surface area contributed by atoms with E-state index in [-0.39, 0.29) is 12.4 Å². The molecule has 0 amide bonds. The molecule has 96 valence electrons. The van der Waals surface area contributed by atoms with Crippen molar-refractivity contribution in [2.24, 2.45) is 5.92 Å². The van der Waals surface area contributed by atoms with Crippen LogP contribution in [-0.2, 0) is 6.42 Å². The molecule has 1 aliphatic rings. The summed E-state index contributed by atoms with van der Waals surface area (Å²) in [5, 5.41) is 3.60. The number of halogens is 1. The van der Waals surface area contributed by atoms with Crippen LogP contribution >= 0.6 is 12.4 Å². The van der Waals surface area contributed by atoms with Crippen LogP contribution in [0.15, 0.2) is 30.3 Å². The van der Waals surface area contributed by atoms with E-state index in [4.69, 9.17) is 0 Å². The number of benzene rings is 1. The molecule has 1 aromatic rings. The van der Waals surface area contributed by atoms with Crippen LogP contribution < -0.4 is 5.32 Å². The van der Waals surface area contributed by atoms with Crippen LogP contribution in [0.1, 0.15) is 37.7 Å². The predicted molar refractivity (Wildman–Crippen MR) is 76.8 cm³/mol. The van der Waals surface area contributed by atoms with Gasteiger partial charge in [-0.1, -0.05) is 49.6 Å². The van der Waals surface area contributed by atoms with Crippen molar-refractivity contribution in [1.82, 2.24) is 5.32 Å². The Balaban J connectivity index is 0.00000144. The van der Waals surface area contributed by atoms with Gasteiger partial charge in [0.05, 0.1) is 0 Å². The topological polar surface area (TPSA) is 12.0 Å². The van der Waals surface area contributed by atoms with E-state index in [2.05, 4.69) is 35.6 Å². The zero-order chi connectivity index (χ0) is 11.1. The van der Waals surface area contributed by atoms with Gasteiger partial charge < -0.3 is 5.32 Å². The van der Waals surface area contributed by atoms with Crippen molar-refractivity contribution in [3.05, 3.63) is 35.9 Å². The van der Waals surface area contributed by atoms with Gasteiger partial charge in [-0.25, -0.2) is 0 Å². The molecule has 0 atom stereocenters. The first kappa shape index (κ1) is 14.5. The first-order valence-corrected chi connectivity index (χ1v) is 6.70. The Hall–Kier alpha value is -0.530. The lowest BCUT2D eigenvalue weighted by atomic mass is 9.89. The van der Waals surface area contributed by atoms with Gasteiger partial charge in [0.25, 0.3) is 0 Å². The quantitative estimate of drug-likeness (QED) is 0.787. The molecule has 0 heterocycles. The van der Waals surface area contributed by atoms with E-state index in [1.807, 2.05) is 0 Å². The minimum atomic E-state index is 0. The fourth-order valence-electron chi connectivity index (χ4n) is 2.57. The smallest absolute Gasteiger partial charge is 0.000824 e. The molecule has 0 radical (unpaired) electrons. The van der Waals surface area contributed by atoms with Crippen LogP contribution in [0.4, 0.5) is 0 Å². The second-order valence-electron chi connectivity index (χ2n) is 4.94. The first-order chi connectivity index (χ1) is 7.95. The first-order valence-electron chi connectivity index (χ1n) is 6.70. The molecule has 1 nitrogen and oxygen atoms in total. The third-order valence-electron chi connectivity index (χ3n) is 3.59. The molecule has 1 fully saturated rings. The van der Waals surface area contributed by atoms with E-state index >= 15 is 0 Å². The molecule has 1 aromatic carbocycles. The summed E-state index contributed by atoms with van der Waals surface area (Å²) in [4.78, 5) is 0. The molecule has 1 N–H and O–H groups in total. The van der Waals surface area contributed by atoms with Crippen molar-refractivity contribution in [3.8, 4) is 0 Å². The standard InChI is InChI=1S/C15H23N.ClH/c1-3-7-14(8-4-1)11-12-16-13-15-9-5-2-6-10-15;/h1,3-4,7-8,15-16H,2,5-6,9-13H2;1H. The van der Waals surface area contributed by atoms with Crippen molar-refractivity contribution in [1.29, 1.82) is 0 Å². The third kappa shape index (κ3) is 5.56. The second-order valence-corrected chi connectivity index (χ2v) is 4.94. The summed E-state index contributed by atoms with van der Waals surface area (Å²) in [6, 6.07) is 10.7. The highest BCUT2D eigenvalue weighted by atomic mass is 35.5. The maximum Gasteiger partial charge on any atom is -0.000824 e. The van der Waals surface area contributed by atoms with Crippen LogP contribution in [0.3, 0.4) is 0 Å². The molecule has 0 unspecified atom stereocenters. The normalized spacial score (nSPS) is 16.5. The van der Waals surface area contributed by atoms with E-state index in [1.54, 1.807) is 0 Å². The van der Waals surface area contributed by atoms with Crippen molar-refractivity contribution in [3.63, 3.8) is 0 Å². The molecule has 0 spiro atoms. The highest BCUT2D eigenvalue weighted by Crippen LogP contribution is 2.22. The van der Waals surface area contributed by atoms with Gasteiger partial charge in [-0.15, -0.1) is 12.4 Å². The minimum absolute atomic E-state index is 0. The van der Waals surface area contributed by atoms with Crippen LogP contribution in [0.25, 0.3) is 0 Å². The predicted octanol–water partition coefficient (Wildman–Crippen LogP) is 3.82. The van der Waals surface area contributed by atoms with Crippen LogP contribution in [0.5, 0.6) is 0 Å². The lowest BCUT2D eigenvalue weighted by Crippen LogP contribution is -2.26. The van der Waals surface area contributed by atoms with Gasteiger partial charge in [0.15, 0.2) is 0 Å². The Bertz CT molecular complexity index is 280. The van der Waals surface area contributed by atoms with Crippen LogP contribution in [0.2, 0.25) is 0 Å². The summed E-state index contributed by atoms with van der Waals surface area (Å²) >= 11 is 0. The van der Waals surface area contributed by atoms with E-state index in [0.717, 1.165) is 18.9 Å².